The highest BCUT2D eigenvalue weighted by atomic mass is 16.2. The van der Waals surface area contributed by atoms with Crippen molar-refractivity contribution in [3.63, 3.8) is 0 Å². The lowest BCUT2D eigenvalue weighted by molar-refractivity contribution is 0.0531. The topological polar surface area (TPSA) is 92.1 Å². The Kier molecular flexibility index (Phi) is 4.76. The zero-order valence-corrected chi connectivity index (χ0v) is 13.7. The number of nitrogens with two attached hydrogens (primary N) is 1. The van der Waals surface area contributed by atoms with Crippen LogP contribution in [0.1, 0.15) is 30.1 Å². The van der Waals surface area contributed by atoms with Gasteiger partial charge in [0, 0.05) is 42.8 Å². The van der Waals surface area contributed by atoms with Crippen molar-refractivity contribution in [1.29, 1.82) is 0 Å². The quantitative estimate of drug-likeness (QED) is 0.897. The van der Waals surface area contributed by atoms with Crippen LogP contribution in [0.2, 0.25) is 0 Å². The molecule has 3 heterocycles. The Morgan fingerprint density at radius 1 is 1.33 bits per heavy atom. The molecule has 0 saturated carbocycles. The Morgan fingerprint density at radius 2 is 2.08 bits per heavy atom. The van der Waals surface area contributed by atoms with Crippen LogP contribution >= 0.6 is 0 Å². The third kappa shape index (κ3) is 3.10. The molecule has 1 saturated heterocycles. The molecule has 2 aromatic rings. The van der Waals surface area contributed by atoms with Crippen molar-refractivity contribution in [3.8, 4) is 11.3 Å². The fraction of sp³-hybridized carbons (Fsp3) is 0.389. The summed E-state index contributed by atoms with van der Waals surface area (Å²) in [5, 5.41) is 0. The van der Waals surface area contributed by atoms with Crippen LogP contribution in [0, 0.1) is 5.92 Å². The van der Waals surface area contributed by atoms with E-state index in [1.165, 1.54) is 0 Å². The lowest BCUT2D eigenvalue weighted by atomic mass is 9.90. The average molecular weight is 326 g/mol. The number of piperidine rings is 1. The number of hydrogen-bond donors (Lipinski definition) is 2. The lowest BCUT2D eigenvalue weighted by Gasteiger charge is -2.39. The third-order valence-electron chi connectivity index (χ3n) is 4.75. The van der Waals surface area contributed by atoms with E-state index in [2.05, 4.69) is 16.9 Å². The lowest BCUT2D eigenvalue weighted by Crippen LogP contribution is -2.52. The van der Waals surface area contributed by atoms with Crippen LogP contribution in [0.25, 0.3) is 11.3 Å². The smallest absolute Gasteiger partial charge is 0.261 e. The number of H-pyrrole nitrogens is 1. The molecule has 0 aliphatic carbocycles. The number of amides is 1. The van der Waals surface area contributed by atoms with Gasteiger partial charge in [0.1, 0.15) is 5.56 Å². The van der Waals surface area contributed by atoms with Gasteiger partial charge in [-0.2, -0.15) is 0 Å². The predicted molar refractivity (Wildman–Crippen MR) is 92.6 cm³/mol. The molecule has 0 bridgehead atoms. The Hall–Kier alpha value is -2.47. The molecule has 1 fully saturated rings. The molecular weight excluding hydrogens is 304 g/mol. The fourth-order valence-electron chi connectivity index (χ4n) is 3.36. The van der Waals surface area contributed by atoms with Crippen molar-refractivity contribution < 1.29 is 4.79 Å². The molecule has 126 valence electrons. The maximum absolute atomic E-state index is 12.8. The monoisotopic (exact) mass is 326 g/mol. The number of aromatic nitrogens is 2. The van der Waals surface area contributed by atoms with Gasteiger partial charge < -0.3 is 15.6 Å². The first-order chi connectivity index (χ1) is 11.6. The van der Waals surface area contributed by atoms with Gasteiger partial charge in [-0.15, -0.1) is 0 Å². The first-order valence-electron chi connectivity index (χ1n) is 8.26. The number of nitrogens with one attached hydrogen (secondary N) is 1. The number of pyridine rings is 2. The Bertz CT molecular complexity index is 772. The molecule has 6 nitrogen and oxygen atoms in total. The van der Waals surface area contributed by atoms with Crippen LogP contribution < -0.4 is 11.3 Å². The van der Waals surface area contributed by atoms with Crippen LogP contribution in [-0.2, 0) is 0 Å². The van der Waals surface area contributed by atoms with E-state index in [4.69, 9.17) is 5.73 Å². The largest absolute Gasteiger partial charge is 0.334 e. The molecule has 0 unspecified atom stereocenters. The van der Waals surface area contributed by atoms with Crippen LogP contribution in [0.5, 0.6) is 0 Å². The first kappa shape index (κ1) is 16.4. The van der Waals surface area contributed by atoms with Gasteiger partial charge in [-0.25, -0.2) is 0 Å². The van der Waals surface area contributed by atoms with Gasteiger partial charge in [0.05, 0.1) is 0 Å². The highest BCUT2D eigenvalue weighted by Gasteiger charge is 2.32. The maximum atomic E-state index is 12.8. The number of nitrogens with zero attached hydrogens (tertiary/aromatic N) is 2. The van der Waals surface area contributed by atoms with Crippen molar-refractivity contribution in [2.75, 3.05) is 13.1 Å². The zero-order chi connectivity index (χ0) is 17.1. The second-order valence-electron chi connectivity index (χ2n) is 6.27. The van der Waals surface area contributed by atoms with E-state index in [0.717, 1.165) is 18.4 Å². The third-order valence-corrected chi connectivity index (χ3v) is 4.75. The van der Waals surface area contributed by atoms with E-state index in [1.807, 2.05) is 12.1 Å². The van der Waals surface area contributed by atoms with E-state index in [9.17, 15) is 9.59 Å². The van der Waals surface area contributed by atoms with Gasteiger partial charge in [0.25, 0.3) is 11.5 Å². The fourth-order valence-corrected chi connectivity index (χ4v) is 3.36. The summed E-state index contributed by atoms with van der Waals surface area (Å²) in [5.41, 5.74) is 7.17. The summed E-state index contributed by atoms with van der Waals surface area (Å²) in [6, 6.07) is 6.97. The number of hydrogen-bond acceptors (Lipinski definition) is 4. The number of likely N-dealkylation sites (tertiary alicyclic amines) is 1. The highest BCUT2D eigenvalue weighted by Crippen LogP contribution is 2.24. The first-order valence-corrected chi connectivity index (χ1v) is 8.26. The molecule has 3 rings (SSSR count). The molecule has 6 heteroatoms. The van der Waals surface area contributed by atoms with Gasteiger partial charge in [0.15, 0.2) is 0 Å². The van der Waals surface area contributed by atoms with E-state index in [1.54, 1.807) is 29.4 Å². The molecule has 1 amide bonds. The van der Waals surface area contributed by atoms with Gasteiger partial charge in [-0.1, -0.05) is 6.92 Å². The molecular formula is C18H22N4O2. The standard InChI is InChI=1S/C18H22N4O2/c1-12-3-2-10-22(16(12)11-19)18(24)14-4-5-15(21-17(14)23)13-6-8-20-9-7-13/h4-9,12,16H,2-3,10-11,19H2,1H3,(H,21,23)/t12-,16+/m0/s1. The summed E-state index contributed by atoms with van der Waals surface area (Å²) in [6.07, 6.45) is 5.32. The number of carbonyl (C=O) groups is 1. The summed E-state index contributed by atoms with van der Waals surface area (Å²) in [6.45, 7) is 3.17. The van der Waals surface area contributed by atoms with Gasteiger partial charge >= 0.3 is 0 Å². The van der Waals surface area contributed by atoms with Gasteiger partial charge in [-0.05, 0) is 43.0 Å². The molecule has 1 aliphatic rings. The SMILES string of the molecule is C[C@H]1CCCN(C(=O)c2ccc(-c3ccncc3)[nH]c2=O)[C@@H]1CN. The Balaban J connectivity index is 1.89. The number of rotatable bonds is 3. The van der Waals surface area contributed by atoms with Gasteiger partial charge in [0.2, 0.25) is 0 Å². The van der Waals surface area contributed by atoms with Crippen molar-refractivity contribution in [1.82, 2.24) is 14.9 Å². The van der Waals surface area contributed by atoms with Crippen LogP contribution in [-0.4, -0.2) is 39.9 Å². The molecule has 1 aliphatic heterocycles. The van der Waals surface area contributed by atoms with E-state index >= 15 is 0 Å². The van der Waals surface area contributed by atoms with Gasteiger partial charge in [-0.3, -0.25) is 14.6 Å². The molecule has 0 aromatic carbocycles. The van der Waals surface area contributed by atoms with E-state index in [-0.39, 0.29) is 23.1 Å². The second kappa shape index (κ2) is 6.97. The zero-order valence-electron chi connectivity index (χ0n) is 13.7. The van der Waals surface area contributed by atoms with E-state index < -0.39 is 0 Å². The summed E-state index contributed by atoms with van der Waals surface area (Å²) in [7, 11) is 0. The summed E-state index contributed by atoms with van der Waals surface area (Å²) < 4.78 is 0. The summed E-state index contributed by atoms with van der Waals surface area (Å²) >= 11 is 0. The number of aromatic amines is 1. The minimum Gasteiger partial charge on any atom is -0.334 e. The maximum Gasteiger partial charge on any atom is 0.261 e. The molecule has 0 spiro atoms. The van der Waals surface area contributed by atoms with Crippen molar-refractivity contribution in [3.05, 3.63) is 52.6 Å². The Morgan fingerprint density at radius 3 is 2.75 bits per heavy atom. The van der Waals surface area contributed by atoms with Crippen LogP contribution in [0.4, 0.5) is 0 Å². The molecule has 2 atom stereocenters. The highest BCUT2D eigenvalue weighted by molar-refractivity contribution is 5.94. The normalized spacial score (nSPS) is 20.8. The molecule has 24 heavy (non-hydrogen) atoms. The predicted octanol–water partition coefficient (Wildman–Crippen LogP) is 1.64. The Labute approximate surface area is 140 Å². The second-order valence-corrected chi connectivity index (χ2v) is 6.27. The van der Waals surface area contributed by atoms with E-state index in [0.29, 0.717) is 24.7 Å². The number of carbonyl (C=O) groups excluding carboxylic acids is 1. The van der Waals surface area contributed by atoms with Crippen molar-refractivity contribution in [2.45, 2.75) is 25.8 Å². The minimum absolute atomic E-state index is 0.00877. The minimum atomic E-state index is -0.372. The summed E-state index contributed by atoms with van der Waals surface area (Å²) in [5.74, 6) is 0.113. The van der Waals surface area contributed by atoms with Crippen molar-refractivity contribution in [2.24, 2.45) is 11.7 Å². The summed E-state index contributed by atoms with van der Waals surface area (Å²) in [4.78, 5) is 33.8. The van der Waals surface area contributed by atoms with Crippen LogP contribution in [0.3, 0.4) is 0 Å². The molecule has 2 aromatic heterocycles. The molecule has 0 radical (unpaired) electrons. The van der Waals surface area contributed by atoms with Crippen molar-refractivity contribution >= 4 is 5.91 Å². The van der Waals surface area contributed by atoms with Crippen LogP contribution in [0.15, 0.2) is 41.5 Å². The average Bonchev–Trinajstić information content (AvgIpc) is 2.61. The molecule has 3 N–H and O–H groups in total.